The van der Waals surface area contributed by atoms with E-state index in [1.165, 1.54) is 36.8 Å². The lowest BCUT2D eigenvalue weighted by atomic mass is 9.77. The molecule has 1 aromatic carbocycles. The zero-order valence-corrected chi connectivity index (χ0v) is 12.7. The molecule has 0 atom stereocenters. The molecule has 0 amide bonds. The van der Waals surface area contributed by atoms with Gasteiger partial charge in [-0.05, 0) is 63.4 Å². The lowest BCUT2D eigenvalue weighted by Gasteiger charge is -2.28. The van der Waals surface area contributed by atoms with E-state index >= 15 is 0 Å². The van der Waals surface area contributed by atoms with Crippen LogP contribution in [0.5, 0.6) is 0 Å². The van der Waals surface area contributed by atoms with Gasteiger partial charge in [0.1, 0.15) is 0 Å². The van der Waals surface area contributed by atoms with Gasteiger partial charge in [0.05, 0.1) is 6.61 Å². The molecule has 1 aliphatic carbocycles. The molecule has 20 heavy (non-hydrogen) atoms. The van der Waals surface area contributed by atoms with Gasteiger partial charge in [-0.2, -0.15) is 0 Å². The maximum atomic E-state index is 11.4. The number of benzene rings is 1. The molecular formula is C18H26O2. The van der Waals surface area contributed by atoms with E-state index in [-0.39, 0.29) is 5.97 Å². The Labute approximate surface area is 122 Å². The Morgan fingerprint density at radius 1 is 1.25 bits per heavy atom. The summed E-state index contributed by atoms with van der Waals surface area (Å²) in [5.41, 5.74) is 2.85. The van der Waals surface area contributed by atoms with E-state index in [9.17, 15) is 4.79 Å². The SMILES string of the molecule is CCOC(=O)CCC1CCC(c2cccc(C)c2)CC1. The standard InChI is InChI=1S/C18H26O2/c1-3-20-18(19)12-9-15-7-10-16(11-8-15)17-6-4-5-14(2)13-17/h4-6,13,15-16H,3,7-12H2,1-2H3. The summed E-state index contributed by atoms with van der Waals surface area (Å²) in [5.74, 6) is 1.39. The second-order valence-electron chi connectivity index (χ2n) is 5.98. The van der Waals surface area contributed by atoms with Gasteiger partial charge in [-0.15, -0.1) is 0 Å². The van der Waals surface area contributed by atoms with Gasteiger partial charge in [-0.25, -0.2) is 0 Å². The molecule has 110 valence electrons. The van der Waals surface area contributed by atoms with Crippen molar-refractivity contribution in [2.24, 2.45) is 5.92 Å². The van der Waals surface area contributed by atoms with Gasteiger partial charge >= 0.3 is 5.97 Å². The molecule has 1 fully saturated rings. The predicted molar refractivity (Wildman–Crippen MR) is 81.7 cm³/mol. The number of hydrogen-bond donors (Lipinski definition) is 0. The van der Waals surface area contributed by atoms with Crippen molar-refractivity contribution in [1.82, 2.24) is 0 Å². The maximum Gasteiger partial charge on any atom is 0.305 e. The molecule has 0 unspecified atom stereocenters. The molecule has 2 nitrogen and oxygen atoms in total. The van der Waals surface area contributed by atoms with Crippen LogP contribution in [-0.4, -0.2) is 12.6 Å². The molecule has 0 aromatic heterocycles. The van der Waals surface area contributed by atoms with Crippen molar-refractivity contribution < 1.29 is 9.53 Å². The fourth-order valence-electron chi connectivity index (χ4n) is 3.26. The number of aryl methyl sites for hydroxylation is 1. The fourth-order valence-corrected chi connectivity index (χ4v) is 3.26. The van der Waals surface area contributed by atoms with Crippen LogP contribution in [0.1, 0.15) is 62.5 Å². The fraction of sp³-hybridized carbons (Fsp3) is 0.611. The van der Waals surface area contributed by atoms with Crippen LogP contribution in [-0.2, 0) is 9.53 Å². The maximum absolute atomic E-state index is 11.4. The van der Waals surface area contributed by atoms with Crippen LogP contribution in [0.25, 0.3) is 0 Å². The Morgan fingerprint density at radius 2 is 2.00 bits per heavy atom. The molecule has 0 saturated heterocycles. The van der Waals surface area contributed by atoms with E-state index in [0.29, 0.717) is 24.9 Å². The highest BCUT2D eigenvalue weighted by molar-refractivity contribution is 5.69. The summed E-state index contributed by atoms with van der Waals surface area (Å²) >= 11 is 0. The lowest BCUT2D eigenvalue weighted by Crippen LogP contribution is -2.15. The van der Waals surface area contributed by atoms with Crippen LogP contribution in [0.2, 0.25) is 0 Å². The molecule has 0 heterocycles. The highest BCUT2D eigenvalue weighted by Gasteiger charge is 2.22. The summed E-state index contributed by atoms with van der Waals surface area (Å²) in [4.78, 5) is 11.4. The number of hydrogen-bond acceptors (Lipinski definition) is 2. The summed E-state index contributed by atoms with van der Waals surface area (Å²) in [6.45, 7) is 4.53. The second-order valence-corrected chi connectivity index (χ2v) is 5.98. The Balaban J connectivity index is 1.76. The molecule has 2 rings (SSSR count). The predicted octanol–water partition coefficient (Wildman–Crippen LogP) is 4.61. The van der Waals surface area contributed by atoms with Gasteiger partial charge in [0.15, 0.2) is 0 Å². The van der Waals surface area contributed by atoms with E-state index in [2.05, 4.69) is 31.2 Å². The summed E-state index contributed by atoms with van der Waals surface area (Å²) in [7, 11) is 0. The number of carbonyl (C=O) groups excluding carboxylic acids is 1. The quantitative estimate of drug-likeness (QED) is 0.733. The van der Waals surface area contributed by atoms with Crippen LogP contribution in [0.3, 0.4) is 0 Å². The minimum atomic E-state index is -0.0340. The van der Waals surface area contributed by atoms with Gasteiger partial charge in [0, 0.05) is 6.42 Å². The highest BCUT2D eigenvalue weighted by Crippen LogP contribution is 2.37. The minimum Gasteiger partial charge on any atom is -0.466 e. The summed E-state index contributed by atoms with van der Waals surface area (Å²) in [6, 6.07) is 8.91. The van der Waals surface area contributed by atoms with Crippen molar-refractivity contribution in [3.05, 3.63) is 35.4 Å². The molecule has 2 heteroatoms. The van der Waals surface area contributed by atoms with Crippen LogP contribution in [0, 0.1) is 12.8 Å². The van der Waals surface area contributed by atoms with Gasteiger partial charge < -0.3 is 4.74 Å². The molecule has 0 spiro atoms. The van der Waals surface area contributed by atoms with E-state index in [1.54, 1.807) is 0 Å². The largest absolute Gasteiger partial charge is 0.466 e. The molecule has 1 aliphatic rings. The summed E-state index contributed by atoms with van der Waals surface area (Å²) in [5, 5.41) is 0. The number of carbonyl (C=O) groups is 1. The molecule has 0 radical (unpaired) electrons. The van der Waals surface area contributed by atoms with Crippen LogP contribution in [0.4, 0.5) is 0 Å². The monoisotopic (exact) mass is 274 g/mol. The first-order valence-corrected chi connectivity index (χ1v) is 7.91. The third-order valence-electron chi connectivity index (χ3n) is 4.42. The first kappa shape index (κ1) is 15.1. The van der Waals surface area contributed by atoms with Crippen LogP contribution >= 0.6 is 0 Å². The smallest absolute Gasteiger partial charge is 0.305 e. The van der Waals surface area contributed by atoms with E-state index < -0.39 is 0 Å². The first-order chi connectivity index (χ1) is 9.69. The van der Waals surface area contributed by atoms with Crippen molar-refractivity contribution in [2.75, 3.05) is 6.61 Å². The molecule has 1 aromatic rings. The Kier molecular flexibility index (Phi) is 5.63. The van der Waals surface area contributed by atoms with Crippen LogP contribution < -0.4 is 0 Å². The first-order valence-electron chi connectivity index (χ1n) is 7.91. The van der Waals surface area contributed by atoms with Crippen molar-refractivity contribution in [1.29, 1.82) is 0 Å². The average Bonchev–Trinajstić information content (AvgIpc) is 2.46. The van der Waals surface area contributed by atoms with E-state index in [1.807, 2.05) is 6.92 Å². The topological polar surface area (TPSA) is 26.3 Å². The number of esters is 1. The van der Waals surface area contributed by atoms with Gasteiger partial charge in [0.25, 0.3) is 0 Å². The Morgan fingerprint density at radius 3 is 2.65 bits per heavy atom. The van der Waals surface area contributed by atoms with Crippen molar-refractivity contribution in [2.45, 2.75) is 58.3 Å². The van der Waals surface area contributed by atoms with E-state index in [4.69, 9.17) is 4.74 Å². The zero-order chi connectivity index (χ0) is 14.4. The normalized spacial score (nSPS) is 22.5. The number of ether oxygens (including phenoxy) is 1. The van der Waals surface area contributed by atoms with Gasteiger partial charge in [-0.1, -0.05) is 29.8 Å². The summed E-state index contributed by atoms with van der Waals surface area (Å²) in [6.07, 6.45) is 6.61. The third kappa shape index (κ3) is 4.36. The van der Waals surface area contributed by atoms with E-state index in [0.717, 1.165) is 6.42 Å². The molecule has 1 saturated carbocycles. The molecule has 0 aliphatic heterocycles. The highest BCUT2D eigenvalue weighted by atomic mass is 16.5. The van der Waals surface area contributed by atoms with Crippen molar-refractivity contribution >= 4 is 5.97 Å². The van der Waals surface area contributed by atoms with Crippen molar-refractivity contribution in [3.8, 4) is 0 Å². The van der Waals surface area contributed by atoms with Gasteiger partial charge in [-0.3, -0.25) is 4.79 Å². The van der Waals surface area contributed by atoms with Crippen molar-refractivity contribution in [3.63, 3.8) is 0 Å². The zero-order valence-electron chi connectivity index (χ0n) is 12.7. The molecule has 0 N–H and O–H groups in total. The van der Waals surface area contributed by atoms with Gasteiger partial charge in [0.2, 0.25) is 0 Å². The number of rotatable bonds is 5. The average molecular weight is 274 g/mol. The third-order valence-corrected chi connectivity index (χ3v) is 4.42. The second kappa shape index (κ2) is 7.47. The molecule has 0 bridgehead atoms. The lowest BCUT2D eigenvalue weighted by molar-refractivity contribution is -0.143. The molecular weight excluding hydrogens is 248 g/mol. The summed E-state index contributed by atoms with van der Waals surface area (Å²) < 4.78 is 5.00. The Hall–Kier alpha value is -1.31. The van der Waals surface area contributed by atoms with Crippen LogP contribution in [0.15, 0.2) is 24.3 Å². The Bertz CT molecular complexity index is 431. The minimum absolute atomic E-state index is 0.0340.